The lowest BCUT2D eigenvalue weighted by atomic mass is 9.93. The molecule has 1 saturated heterocycles. The zero-order valence-electron chi connectivity index (χ0n) is 12.6. The summed E-state index contributed by atoms with van der Waals surface area (Å²) in [6.07, 6.45) is 2.58. The third kappa shape index (κ3) is 3.52. The highest BCUT2D eigenvalue weighted by Gasteiger charge is 2.27. The molecule has 0 bridgehead atoms. The van der Waals surface area contributed by atoms with Gasteiger partial charge in [0.15, 0.2) is 11.5 Å². The second-order valence-corrected chi connectivity index (χ2v) is 6.29. The van der Waals surface area contributed by atoms with Crippen LogP contribution in [0.2, 0.25) is 5.02 Å². The number of nitrogens with zero attached hydrogens (tertiary/aromatic N) is 1. The standard InChI is InChI=1S/C16H18ClNO5/c17-12-6-11(7-13-15(12)23-9-22-13)16(21)18-5-1-2-10(8-18)3-4-14(19)20/h6-7,10H,1-5,8-9H2,(H,19,20). The van der Waals surface area contributed by atoms with Crippen molar-refractivity contribution in [3.63, 3.8) is 0 Å². The van der Waals surface area contributed by atoms with Crippen LogP contribution in [0.25, 0.3) is 0 Å². The summed E-state index contributed by atoms with van der Waals surface area (Å²) in [6, 6.07) is 3.25. The van der Waals surface area contributed by atoms with Crippen LogP contribution in [0, 0.1) is 5.92 Å². The maximum absolute atomic E-state index is 12.7. The van der Waals surface area contributed by atoms with Gasteiger partial charge in [-0.1, -0.05) is 11.6 Å². The van der Waals surface area contributed by atoms with Gasteiger partial charge in [-0.2, -0.15) is 0 Å². The molecule has 1 amide bonds. The summed E-state index contributed by atoms with van der Waals surface area (Å²) in [4.78, 5) is 25.2. The number of fused-ring (bicyclic) bond motifs is 1. The van der Waals surface area contributed by atoms with Crippen molar-refractivity contribution in [3.05, 3.63) is 22.7 Å². The minimum Gasteiger partial charge on any atom is -0.481 e. The van der Waals surface area contributed by atoms with Crippen LogP contribution in [0.1, 0.15) is 36.0 Å². The molecule has 0 aliphatic carbocycles. The summed E-state index contributed by atoms with van der Waals surface area (Å²) in [5, 5.41) is 9.16. The van der Waals surface area contributed by atoms with E-state index in [0.29, 0.717) is 41.6 Å². The maximum Gasteiger partial charge on any atom is 0.303 e. The molecule has 124 valence electrons. The summed E-state index contributed by atoms with van der Waals surface area (Å²) in [5.74, 6) is 0.288. The highest BCUT2D eigenvalue weighted by molar-refractivity contribution is 6.32. The third-order valence-corrected chi connectivity index (χ3v) is 4.53. The summed E-state index contributed by atoms with van der Waals surface area (Å²) >= 11 is 6.13. The van der Waals surface area contributed by atoms with E-state index < -0.39 is 5.97 Å². The van der Waals surface area contributed by atoms with E-state index in [2.05, 4.69) is 0 Å². The Kier molecular flexibility index (Phi) is 4.61. The largest absolute Gasteiger partial charge is 0.481 e. The average molecular weight is 340 g/mol. The molecule has 0 spiro atoms. The minimum atomic E-state index is -0.795. The van der Waals surface area contributed by atoms with Crippen LogP contribution in [-0.4, -0.2) is 41.8 Å². The van der Waals surface area contributed by atoms with Crippen molar-refractivity contribution in [1.29, 1.82) is 0 Å². The van der Waals surface area contributed by atoms with E-state index in [1.807, 2.05) is 0 Å². The van der Waals surface area contributed by atoms with E-state index in [0.717, 1.165) is 12.8 Å². The highest BCUT2D eigenvalue weighted by atomic mass is 35.5. The number of rotatable bonds is 4. The van der Waals surface area contributed by atoms with Gasteiger partial charge < -0.3 is 19.5 Å². The molecule has 3 rings (SSSR count). The molecule has 0 radical (unpaired) electrons. The fourth-order valence-electron chi connectivity index (χ4n) is 3.09. The minimum absolute atomic E-state index is 0.105. The molecular formula is C16H18ClNO5. The van der Waals surface area contributed by atoms with Crippen molar-refractivity contribution in [2.24, 2.45) is 5.92 Å². The van der Waals surface area contributed by atoms with E-state index in [1.54, 1.807) is 17.0 Å². The molecule has 1 N–H and O–H groups in total. The fraction of sp³-hybridized carbons (Fsp3) is 0.500. The van der Waals surface area contributed by atoms with Gasteiger partial charge >= 0.3 is 5.97 Å². The van der Waals surface area contributed by atoms with E-state index in [9.17, 15) is 9.59 Å². The third-order valence-electron chi connectivity index (χ3n) is 4.25. The number of carboxylic acids is 1. The van der Waals surface area contributed by atoms with Crippen LogP contribution >= 0.6 is 11.6 Å². The van der Waals surface area contributed by atoms with Crippen LogP contribution in [0.3, 0.4) is 0 Å². The van der Waals surface area contributed by atoms with E-state index in [1.165, 1.54) is 0 Å². The molecular weight excluding hydrogens is 322 g/mol. The molecule has 6 nitrogen and oxygen atoms in total. The number of likely N-dealkylation sites (tertiary alicyclic amines) is 1. The smallest absolute Gasteiger partial charge is 0.303 e. The first-order valence-corrected chi connectivity index (χ1v) is 8.02. The number of hydrogen-bond acceptors (Lipinski definition) is 4. The van der Waals surface area contributed by atoms with Crippen molar-refractivity contribution < 1.29 is 24.2 Å². The zero-order valence-corrected chi connectivity index (χ0v) is 13.3. The Morgan fingerprint density at radius 3 is 2.96 bits per heavy atom. The predicted molar refractivity (Wildman–Crippen MR) is 83.1 cm³/mol. The Balaban J connectivity index is 1.70. The van der Waals surface area contributed by atoms with Crippen LogP contribution < -0.4 is 9.47 Å². The van der Waals surface area contributed by atoms with Crippen molar-refractivity contribution >= 4 is 23.5 Å². The molecule has 0 aromatic heterocycles. The second-order valence-electron chi connectivity index (χ2n) is 5.88. The van der Waals surface area contributed by atoms with Crippen LogP contribution in [-0.2, 0) is 4.79 Å². The number of hydrogen-bond donors (Lipinski definition) is 1. The first kappa shape index (κ1) is 15.9. The SMILES string of the molecule is O=C(O)CCC1CCCN(C(=O)c2cc(Cl)c3c(c2)OCO3)C1. The van der Waals surface area contributed by atoms with Gasteiger partial charge in [-0.15, -0.1) is 0 Å². The van der Waals surface area contributed by atoms with Gasteiger partial charge in [0.25, 0.3) is 5.91 Å². The van der Waals surface area contributed by atoms with Crippen molar-refractivity contribution in [3.8, 4) is 11.5 Å². The Bertz CT molecular complexity index is 633. The number of benzene rings is 1. The lowest BCUT2D eigenvalue weighted by Gasteiger charge is -2.32. The number of carbonyl (C=O) groups is 2. The van der Waals surface area contributed by atoms with Gasteiger partial charge in [-0.3, -0.25) is 9.59 Å². The van der Waals surface area contributed by atoms with Crippen molar-refractivity contribution in [2.75, 3.05) is 19.9 Å². The van der Waals surface area contributed by atoms with E-state index >= 15 is 0 Å². The Hall–Kier alpha value is -1.95. The average Bonchev–Trinajstić information content (AvgIpc) is 3.01. The molecule has 2 aliphatic heterocycles. The number of carboxylic acid groups (broad SMARTS) is 1. The van der Waals surface area contributed by atoms with Crippen molar-refractivity contribution in [1.82, 2.24) is 4.90 Å². The number of amides is 1. The fourth-order valence-corrected chi connectivity index (χ4v) is 3.35. The molecule has 2 aliphatic rings. The van der Waals surface area contributed by atoms with Gasteiger partial charge in [-0.05, 0) is 37.3 Å². The number of ether oxygens (including phenoxy) is 2. The normalized spacial score (nSPS) is 19.7. The molecule has 0 saturated carbocycles. The predicted octanol–water partition coefficient (Wildman–Crippen LogP) is 2.79. The Labute approximate surface area is 138 Å². The lowest BCUT2D eigenvalue weighted by Crippen LogP contribution is -2.40. The van der Waals surface area contributed by atoms with Crippen LogP contribution in [0.5, 0.6) is 11.5 Å². The van der Waals surface area contributed by atoms with Gasteiger partial charge in [0.2, 0.25) is 6.79 Å². The first-order valence-electron chi connectivity index (χ1n) is 7.65. The zero-order chi connectivity index (χ0) is 16.4. The second kappa shape index (κ2) is 6.66. The molecule has 1 fully saturated rings. The summed E-state index contributed by atoms with van der Waals surface area (Å²) in [7, 11) is 0. The number of halogens is 1. The summed E-state index contributed by atoms with van der Waals surface area (Å²) in [5.41, 5.74) is 0.470. The quantitative estimate of drug-likeness (QED) is 0.912. The van der Waals surface area contributed by atoms with E-state index in [4.69, 9.17) is 26.2 Å². The van der Waals surface area contributed by atoms with Gasteiger partial charge in [0.1, 0.15) is 0 Å². The molecule has 1 atom stereocenters. The van der Waals surface area contributed by atoms with Crippen LogP contribution in [0.4, 0.5) is 0 Å². The molecule has 1 aromatic carbocycles. The summed E-state index contributed by atoms with van der Waals surface area (Å²) in [6.45, 7) is 1.36. The first-order chi connectivity index (χ1) is 11.0. The Morgan fingerprint density at radius 1 is 1.35 bits per heavy atom. The maximum atomic E-state index is 12.7. The monoisotopic (exact) mass is 339 g/mol. The van der Waals surface area contributed by atoms with Crippen LogP contribution in [0.15, 0.2) is 12.1 Å². The van der Waals surface area contributed by atoms with Gasteiger partial charge in [0, 0.05) is 25.1 Å². The van der Waals surface area contributed by atoms with Gasteiger partial charge in [0.05, 0.1) is 5.02 Å². The Morgan fingerprint density at radius 2 is 2.17 bits per heavy atom. The van der Waals surface area contributed by atoms with Crippen molar-refractivity contribution in [2.45, 2.75) is 25.7 Å². The highest BCUT2D eigenvalue weighted by Crippen LogP contribution is 2.40. The number of piperidine rings is 1. The summed E-state index contributed by atoms with van der Waals surface area (Å²) < 4.78 is 10.5. The molecule has 7 heteroatoms. The molecule has 1 unspecified atom stereocenters. The van der Waals surface area contributed by atoms with E-state index in [-0.39, 0.29) is 25.0 Å². The number of carbonyl (C=O) groups excluding carboxylic acids is 1. The molecule has 1 aromatic rings. The number of aliphatic carboxylic acids is 1. The molecule has 2 heterocycles. The van der Waals surface area contributed by atoms with Gasteiger partial charge in [-0.25, -0.2) is 0 Å². The lowest BCUT2D eigenvalue weighted by molar-refractivity contribution is -0.137. The topological polar surface area (TPSA) is 76.1 Å². The molecule has 23 heavy (non-hydrogen) atoms.